The van der Waals surface area contributed by atoms with Crippen molar-refractivity contribution < 1.29 is 19.1 Å². The molecule has 7 nitrogen and oxygen atoms in total. The molecule has 0 aliphatic heterocycles. The Morgan fingerprint density at radius 1 is 0.971 bits per heavy atom. The molecule has 192 valence electrons. The molecule has 0 saturated carbocycles. The van der Waals surface area contributed by atoms with E-state index >= 15 is 0 Å². The van der Waals surface area contributed by atoms with Crippen LogP contribution in [-0.2, 0) is 14.3 Å². The van der Waals surface area contributed by atoms with Crippen LogP contribution in [0.1, 0.15) is 97.7 Å². The molecule has 1 rings (SSSR count). The third-order valence-electron chi connectivity index (χ3n) is 5.15. The fourth-order valence-corrected chi connectivity index (χ4v) is 3.63. The minimum Gasteiger partial charge on any atom is -0.444 e. The number of hydrogen-bond donors (Lipinski definition) is 2. The van der Waals surface area contributed by atoms with Gasteiger partial charge in [-0.1, -0.05) is 56.9 Å². The Morgan fingerprint density at radius 2 is 1.59 bits per heavy atom. The molecule has 0 aromatic heterocycles. The lowest BCUT2D eigenvalue weighted by Gasteiger charge is -2.34. The standard InChI is InChI=1S/C27H45N3O4/c1-9-10-11-12-15-18-30(22(31)19-28-25(33)34-27(6,7)8)23(24(32)29-26(3,4)5)21-17-14-13-16-20(21)2/h13-14,16-17,23H,9-12,15,18-19H2,1-8H3,(H,28,33)(H,29,32). The zero-order valence-electron chi connectivity index (χ0n) is 22.4. The summed E-state index contributed by atoms with van der Waals surface area (Å²) in [6.07, 6.45) is 4.44. The largest absolute Gasteiger partial charge is 0.444 e. The zero-order chi connectivity index (χ0) is 25.9. The average molecular weight is 476 g/mol. The summed E-state index contributed by atoms with van der Waals surface area (Å²) in [4.78, 5) is 40.7. The quantitative estimate of drug-likeness (QED) is 0.427. The Morgan fingerprint density at radius 3 is 2.15 bits per heavy atom. The molecule has 34 heavy (non-hydrogen) atoms. The second-order valence-electron chi connectivity index (χ2n) is 10.9. The molecule has 1 aromatic carbocycles. The van der Waals surface area contributed by atoms with E-state index in [0.717, 1.165) is 43.2 Å². The molecule has 1 atom stereocenters. The predicted octanol–water partition coefficient (Wildman–Crippen LogP) is 5.27. The average Bonchev–Trinajstić information content (AvgIpc) is 2.69. The van der Waals surface area contributed by atoms with Crippen molar-refractivity contribution >= 4 is 17.9 Å². The molecule has 0 saturated heterocycles. The zero-order valence-corrected chi connectivity index (χ0v) is 22.4. The van der Waals surface area contributed by atoms with Crippen molar-refractivity contribution in [3.63, 3.8) is 0 Å². The van der Waals surface area contributed by atoms with Gasteiger partial charge in [-0.25, -0.2) is 4.79 Å². The van der Waals surface area contributed by atoms with Crippen LogP contribution < -0.4 is 10.6 Å². The fourth-order valence-electron chi connectivity index (χ4n) is 3.63. The van der Waals surface area contributed by atoms with Crippen LogP contribution in [0, 0.1) is 6.92 Å². The molecule has 0 aliphatic carbocycles. The molecule has 0 aliphatic rings. The molecule has 0 bridgehead atoms. The van der Waals surface area contributed by atoms with Gasteiger partial charge in [0, 0.05) is 12.1 Å². The first-order valence-corrected chi connectivity index (χ1v) is 12.4. The van der Waals surface area contributed by atoms with Crippen LogP contribution in [0.25, 0.3) is 0 Å². The molecule has 2 N–H and O–H groups in total. The highest BCUT2D eigenvalue weighted by molar-refractivity contribution is 5.91. The summed E-state index contributed by atoms with van der Waals surface area (Å²) >= 11 is 0. The number of nitrogens with zero attached hydrogens (tertiary/aromatic N) is 1. The summed E-state index contributed by atoms with van der Waals surface area (Å²) in [6.45, 7) is 15.3. The third-order valence-corrected chi connectivity index (χ3v) is 5.15. The number of carbonyl (C=O) groups is 3. The lowest BCUT2D eigenvalue weighted by atomic mass is 9.97. The number of rotatable bonds is 11. The van der Waals surface area contributed by atoms with Crippen molar-refractivity contribution in [3.8, 4) is 0 Å². The van der Waals surface area contributed by atoms with E-state index in [9.17, 15) is 14.4 Å². The highest BCUT2D eigenvalue weighted by atomic mass is 16.6. The Kier molecular flexibility index (Phi) is 11.6. The maximum Gasteiger partial charge on any atom is 0.408 e. The molecular formula is C27H45N3O4. The number of aryl methyl sites for hydroxylation is 1. The van der Waals surface area contributed by atoms with Crippen molar-refractivity contribution in [2.24, 2.45) is 0 Å². The highest BCUT2D eigenvalue weighted by Crippen LogP contribution is 2.26. The van der Waals surface area contributed by atoms with Gasteiger partial charge in [-0.2, -0.15) is 0 Å². The minimum atomic E-state index is -0.792. The van der Waals surface area contributed by atoms with Gasteiger partial charge in [0.25, 0.3) is 0 Å². The van der Waals surface area contributed by atoms with Crippen LogP contribution in [0.3, 0.4) is 0 Å². The van der Waals surface area contributed by atoms with Crippen LogP contribution >= 0.6 is 0 Å². The first-order valence-electron chi connectivity index (χ1n) is 12.4. The number of ether oxygens (including phenoxy) is 1. The van der Waals surface area contributed by atoms with Crippen LogP contribution in [0.4, 0.5) is 4.79 Å². The van der Waals surface area contributed by atoms with Crippen molar-refractivity contribution in [2.45, 2.75) is 105 Å². The van der Waals surface area contributed by atoms with E-state index in [-0.39, 0.29) is 18.4 Å². The number of amides is 3. The van der Waals surface area contributed by atoms with E-state index in [2.05, 4.69) is 17.6 Å². The van der Waals surface area contributed by atoms with Crippen LogP contribution in [0.15, 0.2) is 24.3 Å². The van der Waals surface area contributed by atoms with Gasteiger partial charge in [-0.15, -0.1) is 0 Å². The van der Waals surface area contributed by atoms with Crippen molar-refractivity contribution in [3.05, 3.63) is 35.4 Å². The van der Waals surface area contributed by atoms with Gasteiger partial charge in [0.2, 0.25) is 11.8 Å². The second kappa shape index (κ2) is 13.4. The predicted molar refractivity (Wildman–Crippen MR) is 137 cm³/mol. The number of unbranched alkanes of at least 4 members (excludes halogenated alkanes) is 4. The third kappa shape index (κ3) is 11.0. The van der Waals surface area contributed by atoms with Gasteiger partial charge in [0.05, 0.1) is 0 Å². The lowest BCUT2D eigenvalue weighted by Crippen LogP contribution is -2.51. The molecule has 0 heterocycles. The number of alkyl carbamates (subject to hydrolysis) is 1. The molecule has 3 amide bonds. The first-order chi connectivity index (χ1) is 15.7. The monoisotopic (exact) mass is 475 g/mol. The summed E-state index contributed by atoms with van der Waals surface area (Å²) in [5, 5.41) is 5.60. The maximum absolute atomic E-state index is 13.5. The minimum absolute atomic E-state index is 0.235. The molecule has 0 radical (unpaired) electrons. The molecule has 7 heteroatoms. The summed E-state index contributed by atoms with van der Waals surface area (Å²) in [7, 11) is 0. The van der Waals surface area contributed by atoms with Gasteiger partial charge >= 0.3 is 6.09 Å². The molecular weight excluding hydrogens is 430 g/mol. The van der Waals surface area contributed by atoms with Gasteiger partial charge in [-0.3, -0.25) is 9.59 Å². The number of hydrogen-bond acceptors (Lipinski definition) is 4. The maximum atomic E-state index is 13.5. The molecule has 0 fully saturated rings. The smallest absolute Gasteiger partial charge is 0.408 e. The summed E-state index contributed by atoms with van der Waals surface area (Å²) in [5.41, 5.74) is 0.592. The summed E-state index contributed by atoms with van der Waals surface area (Å²) in [5.74, 6) is -0.556. The van der Waals surface area contributed by atoms with E-state index in [0.29, 0.717) is 6.54 Å². The normalized spacial score (nSPS) is 12.6. The number of nitrogens with one attached hydrogen (secondary N) is 2. The highest BCUT2D eigenvalue weighted by Gasteiger charge is 2.34. The summed E-state index contributed by atoms with van der Waals surface area (Å²) in [6, 6.07) is 6.83. The second-order valence-corrected chi connectivity index (χ2v) is 10.9. The van der Waals surface area contributed by atoms with E-state index in [4.69, 9.17) is 4.74 Å². The Bertz CT molecular complexity index is 809. The van der Waals surface area contributed by atoms with Gasteiger partial charge in [0.15, 0.2) is 0 Å². The SMILES string of the molecule is CCCCCCCN(C(=O)CNC(=O)OC(C)(C)C)C(C(=O)NC(C)(C)C)c1ccccc1C. The molecule has 0 spiro atoms. The van der Waals surface area contributed by atoms with Crippen molar-refractivity contribution in [1.82, 2.24) is 15.5 Å². The molecule has 1 unspecified atom stereocenters. The Hall–Kier alpha value is -2.57. The van der Waals surface area contributed by atoms with Crippen LogP contribution in [0.5, 0.6) is 0 Å². The first kappa shape index (κ1) is 29.5. The lowest BCUT2D eigenvalue weighted by molar-refractivity contribution is -0.141. The Balaban J connectivity index is 3.22. The van der Waals surface area contributed by atoms with Crippen molar-refractivity contribution in [1.29, 1.82) is 0 Å². The van der Waals surface area contributed by atoms with Crippen LogP contribution in [0.2, 0.25) is 0 Å². The van der Waals surface area contributed by atoms with E-state index in [1.54, 1.807) is 25.7 Å². The summed E-state index contributed by atoms with van der Waals surface area (Å²) < 4.78 is 5.27. The van der Waals surface area contributed by atoms with E-state index in [1.165, 1.54) is 0 Å². The van der Waals surface area contributed by atoms with Gasteiger partial charge < -0.3 is 20.3 Å². The van der Waals surface area contributed by atoms with Gasteiger partial charge in [-0.05, 0) is 66.0 Å². The number of benzene rings is 1. The number of carbonyl (C=O) groups excluding carboxylic acids is 3. The van der Waals surface area contributed by atoms with E-state index < -0.39 is 23.3 Å². The molecule has 1 aromatic rings. The van der Waals surface area contributed by atoms with Gasteiger partial charge in [0.1, 0.15) is 18.2 Å². The van der Waals surface area contributed by atoms with Crippen molar-refractivity contribution in [2.75, 3.05) is 13.1 Å². The fraction of sp³-hybridized carbons (Fsp3) is 0.667. The van der Waals surface area contributed by atoms with E-state index in [1.807, 2.05) is 52.0 Å². The Labute approximate surface area is 206 Å². The topological polar surface area (TPSA) is 87.7 Å². The van der Waals surface area contributed by atoms with Crippen LogP contribution in [-0.4, -0.2) is 47.0 Å².